The van der Waals surface area contributed by atoms with Gasteiger partial charge in [0.05, 0.1) is 5.41 Å². The Kier molecular flexibility index (Phi) is 6.71. The highest BCUT2D eigenvalue weighted by molar-refractivity contribution is 5.76. The minimum Gasteiger partial charge on any atom is -0.481 e. The topological polar surface area (TPSA) is 75.6 Å². The number of hydrogen-bond donors (Lipinski definition) is 2. The summed E-state index contributed by atoms with van der Waals surface area (Å²) in [7, 11) is 0. The summed E-state index contributed by atoms with van der Waals surface area (Å²) >= 11 is 0. The molecule has 0 heterocycles. The van der Waals surface area contributed by atoms with Crippen LogP contribution in [-0.2, 0) is 9.53 Å². The number of amides is 1. The maximum atomic E-state index is 12.9. The Labute approximate surface area is 236 Å². The highest BCUT2D eigenvalue weighted by Gasteiger charge is 2.69. The molecular weight excluding hydrogens is 486 g/mol. The fourth-order valence-electron chi connectivity index (χ4n) is 11.1. The van der Waals surface area contributed by atoms with Crippen molar-refractivity contribution < 1.29 is 19.4 Å². The van der Waals surface area contributed by atoms with Crippen LogP contribution in [0.1, 0.15) is 113 Å². The van der Waals surface area contributed by atoms with Crippen molar-refractivity contribution in [3.05, 3.63) is 24.3 Å². The molecule has 8 atom stereocenters. The molecule has 5 aliphatic rings. The van der Waals surface area contributed by atoms with E-state index in [4.69, 9.17) is 4.74 Å². The molecule has 0 radical (unpaired) electrons. The van der Waals surface area contributed by atoms with Gasteiger partial charge in [0.15, 0.2) is 0 Å². The molecule has 5 aliphatic carbocycles. The molecule has 39 heavy (non-hydrogen) atoms. The van der Waals surface area contributed by atoms with Gasteiger partial charge in [-0.1, -0.05) is 66.2 Å². The summed E-state index contributed by atoms with van der Waals surface area (Å²) in [5.74, 6) is 0.602. The number of hydrogen-bond acceptors (Lipinski definition) is 3. The van der Waals surface area contributed by atoms with Crippen LogP contribution < -0.4 is 5.32 Å². The van der Waals surface area contributed by atoms with E-state index in [0.29, 0.717) is 18.4 Å². The van der Waals surface area contributed by atoms with Crippen LogP contribution in [0.15, 0.2) is 24.3 Å². The van der Waals surface area contributed by atoms with E-state index in [0.717, 1.165) is 64.2 Å². The van der Waals surface area contributed by atoms with E-state index < -0.39 is 11.4 Å². The highest BCUT2D eigenvalue weighted by Crippen LogP contribution is 2.75. The van der Waals surface area contributed by atoms with Crippen molar-refractivity contribution in [2.24, 2.45) is 50.2 Å². The SMILES string of the molecule is C=CCNC(=O)O[C@H]1CC[C@]2(C)[C@H]3CC=C4[C@@H]5CC(C)(C)CC[C@]5(C(=O)O)CC[C@@]4(C)[C@]3(C)CC[C@H]2C1(C)C. The van der Waals surface area contributed by atoms with Gasteiger partial charge < -0.3 is 15.2 Å². The normalized spacial score (nSPS) is 45.8. The predicted octanol–water partition coefficient (Wildman–Crippen LogP) is 8.15. The number of fused-ring (bicyclic) bond motifs is 7. The molecule has 0 aromatic carbocycles. The summed E-state index contributed by atoms with van der Waals surface area (Å²) in [6.45, 7) is 21.0. The van der Waals surface area contributed by atoms with Gasteiger partial charge in [-0.3, -0.25) is 4.79 Å². The lowest BCUT2D eigenvalue weighted by molar-refractivity contribution is -0.205. The van der Waals surface area contributed by atoms with Crippen molar-refractivity contribution in [2.75, 3.05) is 6.54 Å². The molecule has 0 spiro atoms. The van der Waals surface area contributed by atoms with E-state index >= 15 is 0 Å². The Balaban J connectivity index is 1.48. The Morgan fingerprint density at radius 2 is 1.69 bits per heavy atom. The standard InChI is InChI=1S/C34H53NO4/c1-9-20-35-28(38)39-26-13-14-31(6)24(30(26,4)5)12-15-33(8)25(31)11-10-22-23-21-29(2,3)16-18-34(23,27(36)37)19-17-32(22,33)7/h9-10,23-26H,1,11-21H2,2-8H3,(H,35,38)(H,36,37)/t23-,24-,25+,26-,31-,32+,33+,34-/m0/s1. The number of nitrogens with one attached hydrogen (secondary N) is 1. The number of carboxylic acids is 1. The van der Waals surface area contributed by atoms with E-state index in [1.165, 1.54) is 5.57 Å². The molecule has 4 saturated carbocycles. The fourth-order valence-corrected chi connectivity index (χ4v) is 11.1. The zero-order valence-electron chi connectivity index (χ0n) is 25.6. The highest BCUT2D eigenvalue weighted by atomic mass is 16.6. The lowest BCUT2D eigenvalue weighted by Gasteiger charge is -2.71. The first-order chi connectivity index (χ1) is 18.1. The van der Waals surface area contributed by atoms with Gasteiger partial charge in [-0.05, 0) is 104 Å². The minimum atomic E-state index is -0.589. The summed E-state index contributed by atoms with van der Waals surface area (Å²) in [6, 6.07) is 0. The van der Waals surface area contributed by atoms with Gasteiger partial charge in [-0.25, -0.2) is 4.79 Å². The Morgan fingerprint density at radius 3 is 2.36 bits per heavy atom. The van der Waals surface area contributed by atoms with Crippen LogP contribution in [0.4, 0.5) is 4.79 Å². The Hall–Kier alpha value is -1.78. The third-order valence-corrected chi connectivity index (χ3v) is 13.6. The molecule has 0 aromatic rings. The van der Waals surface area contributed by atoms with Gasteiger partial charge in [-0.2, -0.15) is 0 Å². The molecule has 5 nitrogen and oxygen atoms in total. The van der Waals surface area contributed by atoms with Gasteiger partial charge in [0.2, 0.25) is 0 Å². The maximum absolute atomic E-state index is 12.9. The Bertz CT molecular complexity index is 1080. The van der Waals surface area contributed by atoms with Gasteiger partial charge in [0.25, 0.3) is 0 Å². The number of alkyl carbamates (subject to hydrolysis) is 1. The molecule has 0 aromatic heterocycles. The van der Waals surface area contributed by atoms with Crippen molar-refractivity contribution in [2.45, 2.75) is 119 Å². The molecule has 4 fully saturated rings. The van der Waals surface area contributed by atoms with Crippen LogP contribution in [0.5, 0.6) is 0 Å². The number of carboxylic acid groups (broad SMARTS) is 1. The molecular formula is C34H53NO4. The van der Waals surface area contributed by atoms with Gasteiger partial charge >= 0.3 is 12.1 Å². The number of ether oxygens (including phenoxy) is 1. The molecule has 1 amide bonds. The lowest BCUT2D eigenvalue weighted by Crippen LogP contribution is -2.65. The molecule has 0 aliphatic heterocycles. The van der Waals surface area contributed by atoms with E-state index in [1.54, 1.807) is 6.08 Å². The first kappa shape index (κ1) is 28.7. The smallest absolute Gasteiger partial charge is 0.407 e. The van der Waals surface area contributed by atoms with Crippen molar-refractivity contribution >= 4 is 12.1 Å². The van der Waals surface area contributed by atoms with Gasteiger partial charge in [0.1, 0.15) is 6.10 Å². The molecule has 0 bridgehead atoms. The van der Waals surface area contributed by atoms with Crippen LogP contribution in [0.3, 0.4) is 0 Å². The fraction of sp³-hybridized carbons (Fsp3) is 0.824. The summed E-state index contributed by atoms with van der Waals surface area (Å²) < 4.78 is 6.02. The van der Waals surface area contributed by atoms with Gasteiger partial charge in [-0.15, -0.1) is 6.58 Å². The summed E-state index contributed by atoms with van der Waals surface area (Å²) in [6.07, 6.45) is 13.7. The average Bonchev–Trinajstić information content (AvgIpc) is 2.84. The molecule has 5 heteroatoms. The zero-order valence-corrected chi connectivity index (χ0v) is 25.6. The molecule has 2 N–H and O–H groups in total. The first-order valence-electron chi connectivity index (χ1n) is 15.6. The number of carbonyl (C=O) groups is 2. The number of rotatable bonds is 4. The van der Waals surface area contributed by atoms with E-state index in [2.05, 4.69) is 66.4 Å². The average molecular weight is 540 g/mol. The second kappa shape index (κ2) is 9.11. The summed E-state index contributed by atoms with van der Waals surface area (Å²) in [5.41, 5.74) is 1.30. The summed E-state index contributed by atoms with van der Waals surface area (Å²) in [5, 5.41) is 13.4. The minimum absolute atomic E-state index is 0.0308. The number of aliphatic carboxylic acids is 1. The number of carbonyl (C=O) groups excluding carboxylic acids is 1. The van der Waals surface area contributed by atoms with Crippen molar-refractivity contribution in [1.29, 1.82) is 0 Å². The number of allylic oxidation sites excluding steroid dienone is 2. The molecule has 0 saturated heterocycles. The van der Waals surface area contributed by atoms with Crippen LogP contribution in [-0.4, -0.2) is 29.8 Å². The molecule has 0 unspecified atom stereocenters. The van der Waals surface area contributed by atoms with E-state index in [1.807, 2.05) is 0 Å². The van der Waals surface area contributed by atoms with Crippen molar-refractivity contribution in [3.63, 3.8) is 0 Å². The second-order valence-corrected chi connectivity index (χ2v) is 16.1. The quantitative estimate of drug-likeness (QED) is 0.353. The first-order valence-corrected chi connectivity index (χ1v) is 15.6. The van der Waals surface area contributed by atoms with Crippen molar-refractivity contribution in [3.8, 4) is 0 Å². The van der Waals surface area contributed by atoms with E-state index in [-0.39, 0.29) is 45.2 Å². The van der Waals surface area contributed by atoms with Crippen molar-refractivity contribution in [1.82, 2.24) is 5.32 Å². The largest absolute Gasteiger partial charge is 0.481 e. The molecule has 218 valence electrons. The van der Waals surface area contributed by atoms with Crippen LogP contribution >= 0.6 is 0 Å². The molecule has 5 rings (SSSR count). The van der Waals surface area contributed by atoms with Crippen LogP contribution in [0.2, 0.25) is 0 Å². The summed E-state index contributed by atoms with van der Waals surface area (Å²) in [4.78, 5) is 25.3. The van der Waals surface area contributed by atoms with Crippen LogP contribution in [0, 0.1) is 50.2 Å². The monoisotopic (exact) mass is 539 g/mol. The lowest BCUT2D eigenvalue weighted by atomic mass is 9.33. The Morgan fingerprint density at radius 1 is 1.00 bits per heavy atom. The van der Waals surface area contributed by atoms with Gasteiger partial charge in [0, 0.05) is 12.0 Å². The van der Waals surface area contributed by atoms with E-state index in [9.17, 15) is 14.7 Å². The zero-order chi connectivity index (χ0) is 28.6. The second-order valence-electron chi connectivity index (χ2n) is 16.1. The maximum Gasteiger partial charge on any atom is 0.407 e. The third-order valence-electron chi connectivity index (χ3n) is 13.6. The third kappa shape index (κ3) is 3.98. The predicted molar refractivity (Wildman–Crippen MR) is 155 cm³/mol. The van der Waals surface area contributed by atoms with Crippen LogP contribution in [0.25, 0.3) is 0 Å².